The number of aromatic nitrogens is 4. The molecule has 28 heavy (non-hydrogen) atoms. The first-order valence-corrected chi connectivity index (χ1v) is 10.5. The van der Waals surface area contributed by atoms with Crippen LogP contribution in [0, 0.1) is 0 Å². The molecule has 5 rings (SSSR count). The van der Waals surface area contributed by atoms with Gasteiger partial charge in [0.2, 0.25) is 0 Å². The number of fused-ring (bicyclic) bond motifs is 1. The molecule has 0 saturated heterocycles. The molecule has 6 heteroatoms. The van der Waals surface area contributed by atoms with Crippen molar-refractivity contribution in [3.63, 3.8) is 0 Å². The molecule has 0 spiro atoms. The zero-order chi connectivity index (χ0) is 18.9. The Bertz CT molecular complexity index is 1180. The van der Waals surface area contributed by atoms with E-state index in [-0.39, 0.29) is 5.56 Å². The molecule has 1 aliphatic rings. The van der Waals surface area contributed by atoms with Gasteiger partial charge in [-0.15, -0.1) is 10.2 Å². The SMILES string of the molecule is O=c1[nH]c(CSc2nnc(C3CC3)n2Cc2ccccc2)cc2ccccc12. The highest BCUT2D eigenvalue weighted by Crippen LogP contribution is 2.40. The fourth-order valence-corrected chi connectivity index (χ4v) is 4.30. The number of nitrogens with zero attached hydrogens (tertiary/aromatic N) is 3. The predicted octanol–water partition coefficient (Wildman–Crippen LogP) is 4.34. The van der Waals surface area contributed by atoms with E-state index in [1.807, 2.05) is 36.4 Å². The third kappa shape index (κ3) is 3.47. The van der Waals surface area contributed by atoms with Crippen LogP contribution >= 0.6 is 11.8 Å². The molecule has 0 unspecified atom stereocenters. The van der Waals surface area contributed by atoms with E-state index in [0.717, 1.165) is 34.0 Å². The molecule has 140 valence electrons. The minimum atomic E-state index is -0.0434. The van der Waals surface area contributed by atoms with Crippen molar-refractivity contribution in [2.24, 2.45) is 0 Å². The molecule has 5 nitrogen and oxygen atoms in total. The van der Waals surface area contributed by atoms with Crippen LogP contribution in [-0.4, -0.2) is 19.7 Å². The van der Waals surface area contributed by atoms with Crippen molar-refractivity contribution in [1.82, 2.24) is 19.7 Å². The highest BCUT2D eigenvalue weighted by molar-refractivity contribution is 7.98. The summed E-state index contributed by atoms with van der Waals surface area (Å²) in [5.41, 5.74) is 2.10. The van der Waals surface area contributed by atoms with Crippen molar-refractivity contribution in [1.29, 1.82) is 0 Å². The molecular weight excluding hydrogens is 368 g/mol. The van der Waals surface area contributed by atoms with Crippen LogP contribution in [0.2, 0.25) is 0 Å². The van der Waals surface area contributed by atoms with Gasteiger partial charge in [-0.25, -0.2) is 0 Å². The maximum atomic E-state index is 12.3. The molecule has 2 aromatic carbocycles. The largest absolute Gasteiger partial charge is 0.325 e. The van der Waals surface area contributed by atoms with E-state index in [2.05, 4.69) is 44.0 Å². The van der Waals surface area contributed by atoms with Crippen molar-refractivity contribution in [2.45, 2.75) is 36.2 Å². The average molecular weight is 388 g/mol. The molecule has 2 aromatic heterocycles. The second kappa shape index (κ2) is 7.28. The Balaban J connectivity index is 1.42. The Labute approximate surface area is 166 Å². The van der Waals surface area contributed by atoms with E-state index >= 15 is 0 Å². The number of hydrogen-bond acceptors (Lipinski definition) is 4. The molecule has 1 N–H and O–H groups in total. The second-order valence-corrected chi connectivity index (χ2v) is 8.13. The lowest BCUT2D eigenvalue weighted by molar-refractivity contribution is 0.667. The smallest absolute Gasteiger partial charge is 0.256 e. The Kier molecular flexibility index (Phi) is 4.49. The van der Waals surface area contributed by atoms with Gasteiger partial charge in [0.05, 0.1) is 6.54 Å². The maximum absolute atomic E-state index is 12.3. The van der Waals surface area contributed by atoms with Gasteiger partial charge in [0.25, 0.3) is 5.56 Å². The second-order valence-electron chi connectivity index (χ2n) is 7.19. The van der Waals surface area contributed by atoms with Crippen molar-refractivity contribution in [3.05, 3.63) is 88.1 Å². The predicted molar refractivity (Wildman–Crippen MR) is 112 cm³/mol. The molecule has 0 amide bonds. The van der Waals surface area contributed by atoms with E-state index in [4.69, 9.17) is 0 Å². The summed E-state index contributed by atoms with van der Waals surface area (Å²) in [5, 5.41) is 11.5. The minimum absolute atomic E-state index is 0.0434. The number of hydrogen-bond donors (Lipinski definition) is 1. The van der Waals surface area contributed by atoms with Gasteiger partial charge in [-0.2, -0.15) is 0 Å². The third-order valence-corrected chi connectivity index (χ3v) is 6.05. The quantitative estimate of drug-likeness (QED) is 0.499. The van der Waals surface area contributed by atoms with Gasteiger partial charge in [0.15, 0.2) is 5.16 Å². The fourth-order valence-electron chi connectivity index (χ4n) is 3.45. The van der Waals surface area contributed by atoms with E-state index < -0.39 is 0 Å². The lowest BCUT2D eigenvalue weighted by Crippen LogP contribution is -2.09. The van der Waals surface area contributed by atoms with E-state index in [1.165, 1.54) is 18.4 Å². The Morgan fingerprint density at radius 2 is 1.82 bits per heavy atom. The number of H-pyrrole nitrogens is 1. The molecule has 4 aromatic rings. The maximum Gasteiger partial charge on any atom is 0.256 e. The van der Waals surface area contributed by atoms with Crippen molar-refractivity contribution >= 4 is 22.5 Å². The van der Waals surface area contributed by atoms with Gasteiger partial charge in [-0.1, -0.05) is 60.3 Å². The summed E-state index contributed by atoms with van der Waals surface area (Å²) < 4.78 is 2.23. The van der Waals surface area contributed by atoms with Gasteiger partial charge in [0, 0.05) is 22.8 Å². The average Bonchev–Trinajstić information content (AvgIpc) is 3.49. The topological polar surface area (TPSA) is 63.6 Å². The molecule has 1 aliphatic carbocycles. The molecule has 2 heterocycles. The molecule has 1 saturated carbocycles. The summed E-state index contributed by atoms with van der Waals surface area (Å²) in [6, 6.07) is 20.1. The number of benzene rings is 2. The van der Waals surface area contributed by atoms with Gasteiger partial charge in [-0.3, -0.25) is 4.79 Å². The fraction of sp³-hybridized carbons (Fsp3) is 0.227. The van der Waals surface area contributed by atoms with Crippen LogP contribution in [0.1, 0.15) is 35.8 Å². The lowest BCUT2D eigenvalue weighted by Gasteiger charge is -2.10. The van der Waals surface area contributed by atoms with Crippen molar-refractivity contribution in [2.75, 3.05) is 0 Å². The van der Waals surface area contributed by atoms with Crippen LogP contribution in [0.15, 0.2) is 70.6 Å². The molecule has 0 radical (unpaired) electrons. The number of rotatable bonds is 6. The molecule has 1 fully saturated rings. The zero-order valence-corrected chi connectivity index (χ0v) is 16.2. The summed E-state index contributed by atoms with van der Waals surface area (Å²) in [6.07, 6.45) is 2.38. The summed E-state index contributed by atoms with van der Waals surface area (Å²) >= 11 is 1.62. The normalized spacial score (nSPS) is 13.9. The monoisotopic (exact) mass is 388 g/mol. The van der Waals surface area contributed by atoms with Gasteiger partial charge in [-0.05, 0) is 35.9 Å². The lowest BCUT2D eigenvalue weighted by atomic mass is 10.1. The first kappa shape index (κ1) is 17.3. The van der Waals surface area contributed by atoms with Crippen LogP contribution in [0.4, 0.5) is 0 Å². The highest BCUT2D eigenvalue weighted by Gasteiger charge is 2.30. The van der Waals surface area contributed by atoms with E-state index in [9.17, 15) is 4.79 Å². The first-order valence-electron chi connectivity index (χ1n) is 9.49. The molecule has 0 bridgehead atoms. The first-order chi connectivity index (χ1) is 13.8. The van der Waals surface area contributed by atoms with Crippen LogP contribution in [0.5, 0.6) is 0 Å². The van der Waals surface area contributed by atoms with Crippen LogP contribution in [0.3, 0.4) is 0 Å². The van der Waals surface area contributed by atoms with Crippen LogP contribution in [0.25, 0.3) is 10.8 Å². The number of aromatic amines is 1. The highest BCUT2D eigenvalue weighted by atomic mass is 32.2. The number of thioether (sulfide) groups is 1. The summed E-state index contributed by atoms with van der Waals surface area (Å²) in [5.74, 6) is 2.27. The zero-order valence-electron chi connectivity index (χ0n) is 15.3. The van der Waals surface area contributed by atoms with Gasteiger partial charge >= 0.3 is 0 Å². The Hall–Kier alpha value is -2.86. The summed E-state index contributed by atoms with van der Waals surface area (Å²) in [4.78, 5) is 15.3. The third-order valence-electron chi connectivity index (χ3n) is 5.04. The minimum Gasteiger partial charge on any atom is -0.325 e. The van der Waals surface area contributed by atoms with Gasteiger partial charge < -0.3 is 9.55 Å². The Morgan fingerprint density at radius 1 is 1.04 bits per heavy atom. The summed E-state index contributed by atoms with van der Waals surface area (Å²) in [6.45, 7) is 0.774. The number of nitrogens with one attached hydrogen (secondary N) is 1. The van der Waals surface area contributed by atoms with Crippen molar-refractivity contribution < 1.29 is 0 Å². The standard InChI is InChI=1S/C22H20N4OS/c27-21-19-9-5-4-8-17(19)12-18(23-21)14-28-22-25-24-20(16-10-11-16)26(22)13-15-6-2-1-3-7-15/h1-9,12,16H,10-11,13-14H2,(H,23,27). The van der Waals surface area contributed by atoms with Gasteiger partial charge in [0.1, 0.15) is 5.82 Å². The Morgan fingerprint density at radius 3 is 2.64 bits per heavy atom. The molecular formula is C22H20N4OS. The molecule has 0 aliphatic heterocycles. The molecule has 0 atom stereocenters. The van der Waals surface area contributed by atoms with E-state index in [1.54, 1.807) is 11.8 Å². The van der Waals surface area contributed by atoms with E-state index in [0.29, 0.717) is 11.7 Å². The number of pyridine rings is 1. The summed E-state index contributed by atoms with van der Waals surface area (Å²) in [7, 11) is 0. The van der Waals surface area contributed by atoms with Crippen LogP contribution < -0.4 is 5.56 Å². The van der Waals surface area contributed by atoms with Crippen molar-refractivity contribution in [3.8, 4) is 0 Å². The van der Waals surface area contributed by atoms with Crippen LogP contribution in [-0.2, 0) is 12.3 Å².